The van der Waals surface area contributed by atoms with Crippen LogP contribution in [0, 0.1) is 0 Å². The van der Waals surface area contributed by atoms with Crippen molar-refractivity contribution in [3.63, 3.8) is 0 Å². The van der Waals surface area contributed by atoms with Gasteiger partial charge in [-0.25, -0.2) is 0 Å². The molecule has 2 unspecified atom stereocenters. The fourth-order valence-electron chi connectivity index (χ4n) is 2.62. The molecule has 0 aliphatic carbocycles. The van der Waals surface area contributed by atoms with Crippen molar-refractivity contribution in [3.05, 3.63) is 34.3 Å². The molecule has 110 valence electrons. The lowest BCUT2D eigenvalue weighted by Gasteiger charge is -2.36. The van der Waals surface area contributed by atoms with Crippen molar-refractivity contribution < 1.29 is 9.53 Å². The van der Waals surface area contributed by atoms with E-state index in [1.165, 1.54) is 19.3 Å². The summed E-state index contributed by atoms with van der Waals surface area (Å²) in [6.07, 6.45) is 6.82. The number of esters is 1. The van der Waals surface area contributed by atoms with Gasteiger partial charge in [0.05, 0.1) is 0 Å². The lowest BCUT2D eigenvalue weighted by molar-refractivity contribution is -0.175. The summed E-state index contributed by atoms with van der Waals surface area (Å²) in [6, 6.07) is 7.91. The molecule has 1 aromatic rings. The maximum Gasteiger partial charge on any atom is 0.317 e. The van der Waals surface area contributed by atoms with Crippen LogP contribution in [0.4, 0.5) is 0 Å². The number of ether oxygens (including phenoxy) is 1. The molecule has 1 aliphatic rings. The van der Waals surface area contributed by atoms with Crippen molar-refractivity contribution >= 4 is 33.5 Å². The monoisotopic (exact) mass is 358 g/mol. The number of carbonyl (C=O) groups is 1. The predicted octanol–water partition coefficient (Wildman–Crippen LogP) is 5.04. The number of rotatable bonds is 8. The number of benzene rings is 1. The molecule has 1 fully saturated rings. The van der Waals surface area contributed by atoms with Crippen LogP contribution in [0.15, 0.2) is 28.7 Å². The van der Waals surface area contributed by atoms with Crippen LogP contribution in [0.2, 0.25) is 0 Å². The van der Waals surface area contributed by atoms with E-state index in [2.05, 4.69) is 15.9 Å². The number of alkyl halides is 1. The van der Waals surface area contributed by atoms with Crippen LogP contribution in [0.1, 0.15) is 50.0 Å². The first-order chi connectivity index (χ1) is 9.74. The summed E-state index contributed by atoms with van der Waals surface area (Å²) < 4.78 is 6.30. The zero-order valence-electron chi connectivity index (χ0n) is 11.5. The van der Waals surface area contributed by atoms with E-state index in [1.54, 1.807) is 0 Å². The molecule has 1 heterocycles. The van der Waals surface area contributed by atoms with E-state index < -0.39 is 0 Å². The van der Waals surface area contributed by atoms with Crippen LogP contribution in [-0.2, 0) is 9.53 Å². The molecule has 0 radical (unpaired) electrons. The summed E-state index contributed by atoms with van der Waals surface area (Å²) in [5.41, 5.74) is 1.05. The van der Waals surface area contributed by atoms with Crippen LogP contribution in [-0.4, -0.2) is 18.0 Å². The SMILES string of the molecule is O=C1OC(CCCCCCCCl)C1c1ccccc1Br. The molecule has 0 saturated carbocycles. The first kappa shape index (κ1) is 15.8. The largest absolute Gasteiger partial charge is 0.461 e. The Balaban J connectivity index is 1.79. The van der Waals surface area contributed by atoms with Crippen LogP contribution >= 0.6 is 27.5 Å². The highest BCUT2D eigenvalue weighted by Gasteiger charge is 2.43. The van der Waals surface area contributed by atoms with Crippen molar-refractivity contribution in [1.29, 1.82) is 0 Å². The third kappa shape index (κ3) is 3.98. The summed E-state index contributed by atoms with van der Waals surface area (Å²) in [7, 11) is 0. The van der Waals surface area contributed by atoms with Crippen LogP contribution < -0.4 is 0 Å². The van der Waals surface area contributed by atoms with E-state index >= 15 is 0 Å². The second kappa shape index (κ2) is 8.04. The lowest BCUT2D eigenvalue weighted by atomic mass is 9.86. The van der Waals surface area contributed by atoms with Gasteiger partial charge in [-0.1, -0.05) is 53.4 Å². The van der Waals surface area contributed by atoms with E-state index in [0.717, 1.165) is 35.2 Å². The van der Waals surface area contributed by atoms with Gasteiger partial charge >= 0.3 is 5.97 Å². The molecule has 20 heavy (non-hydrogen) atoms. The molecule has 4 heteroatoms. The second-order valence-electron chi connectivity index (χ2n) is 5.22. The number of hydrogen-bond donors (Lipinski definition) is 0. The molecule has 2 nitrogen and oxygen atoms in total. The first-order valence-corrected chi connectivity index (χ1v) is 8.57. The Morgan fingerprint density at radius 3 is 2.50 bits per heavy atom. The molecule has 2 atom stereocenters. The Hall–Kier alpha value is -0.540. The van der Waals surface area contributed by atoms with Gasteiger partial charge in [-0.15, -0.1) is 11.6 Å². The number of halogens is 2. The fourth-order valence-corrected chi connectivity index (χ4v) is 3.34. The van der Waals surface area contributed by atoms with E-state index in [0.29, 0.717) is 0 Å². The van der Waals surface area contributed by atoms with Gasteiger partial charge in [0.25, 0.3) is 0 Å². The highest BCUT2D eigenvalue weighted by Crippen LogP contribution is 2.38. The number of carbonyl (C=O) groups excluding carboxylic acids is 1. The highest BCUT2D eigenvalue weighted by molar-refractivity contribution is 9.10. The molecular formula is C16H20BrClO2. The average Bonchev–Trinajstić information content (AvgIpc) is 2.43. The molecule has 2 rings (SSSR count). The average molecular weight is 360 g/mol. The topological polar surface area (TPSA) is 26.3 Å². The van der Waals surface area contributed by atoms with E-state index in [9.17, 15) is 4.79 Å². The Morgan fingerprint density at radius 2 is 1.80 bits per heavy atom. The smallest absolute Gasteiger partial charge is 0.317 e. The van der Waals surface area contributed by atoms with Gasteiger partial charge in [0, 0.05) is 10.4 Å². The van der Waals surface area contributed by atoms with Gasteiger partial charge < -0.3 is 4.74 Å². The number of unbranched alkanes of at least 4 members (excludes halogenated alkanes) is 4. The van der Waals surface area contributed by atoms with Gasteiger partial charge in [0.2, 0.25) is 0 Å². The van der Waals surface area contributed by atoms with Crippen molar-refractivity contribution in [3.8, 4) is 0 Å². The Morgan fingerprint density at radius 1 is 1.10 bits per heavy atom. The molecule has 0 N–H and O–H groups in total. The van der Waals surface area contributed by atoms with Gasteiger partial charge in [-0.3, -0.25) is 4.79 Å². The molecule has 1 aliphatic heterocycles. The van der Waals surface area contributed by atoms with Crippen LogP contribution in [0.3, 0.4) is 0 Å². The summed E-state index contributed by atoms with van der Waals surface area (Å²) in [5, 5.41) is 0. The molecule has 0 spiro atoms. The summed E-state index contributed by atoms with van der Waals surface area (Å²) in [6.45, 7) is 0. The van der Waals surface area contributed by atoms with Crippen molar-refractivity contribution in [1.82, 2.24) is 0 Å². The molecule has 1 aromatic carbocycles. The maximum absolute atomic E-state index is 11.7. The second-order valence-corrected chi connectivity index (χ2v) is 6.45. The first-order valence-electron chi connectivity index (χ1n) is 7.25. The quantitative estimate of drug-likeness (QED) is 0.369. The number of cyclic esters (lactones) is 1. The van der Waals surface area contributed by atoms with Crippen LogP contribution in [0.5, 0.6) is 0 Å². The standard InChI is InChI=1S/C16H20BrClO2/c17-13-9-6-5-8-12(13)15-14(20-16(15)19)10-4-2-1-3-7-11-18/h5-6,8-9,14-15H,1-4,7,10-11H2. The predicted molar refractivity (Wildman–Crippen MR) is 85.2 cm³/mol. The van der Waals surface area contributed by atoms with E-state index in [4.69, 9.17) is 16.3 Å². The zero-order chi connectivity index (χ0) is 14.4. The summed E-state index contributed by atoms with van der Waals surface area (Å²) in [5.74, 6) is 0.571. The fraction of sp³-hybridized carbons (Fsp3) is 0.562. The minimum atomic E-state index is -0.0935. The molecule has 1 saturated heterocycles. The zero-order valence-corrected chi connectivity index (χ0v) is 13.8. The van der Waals surface area contributed by atoms with Crippen molar-refractivity contribution in [2.24, 2.45) is 0 Å². The Labute approximate surface area is 134 Å². The van der Waals surface area contributed by atoms with Crippen molar-refractivity contribution in [2.75, 3.05) is 5.88 Å². The highest BCUT2D eigenvalue weighted by atomic mass is 79.9. The molecule has 0 amide bonds. The van der Waals surface area contributed by atoms with E-state index in [-0.39, 0.29) is 18.0 Å². The molecular weight excluding hydrogens is 340 g/mol. The van der Waals surface area contributed by atoms with Gasteiger partial charge in [-0.05, 0) is 30.9 Å². The summed E-state index contributed by atoms with van der Waals surface area (Å²) in [4.78, 5) is 11.7. The summed E-state index contributed by atoms with van der Waals surface area (Å²) >= 11 is 9.17. The van der Waals surface area contributed by atoms with Crippen molar-refractivity contribution in [2.45, 2.75) is 50.5 Å². The van der Waals surface area contributed by atoms with Gasteiger partial charge in [-0.2, -0.15) is 0 Å². The number of hydrogen-bond acceptors (Lipinski definition) is 2. The Kier molecular flexibility index (Phi) is 6.37. The molecule has 0 aromatic heterocycles. The minimum Gasteiger partial charge on any atom is -0.461 e. The third-order valence-electron chi connectivity index (χ3n) is 3.76. The third-order valence-corrected chi connectivity index (χ3v) is 4.75. The van der Waals surface area contributed by atoms with Gasteiger partial charge in [0.1, 0.15) is 12.0 Å². The molecule has 0 bridgehead atoms. The normalized spacial score (nSPS) is 21.4. The van der Waals surface area contributed by atoms with E-state index in [1.807, 2.05) is 24.3 Å². The Bertz CT molecular complexity index is 450. The lowest BCUT2D eigenvalue weighted by Crippen LogP contribution is -2.43. The van der Waals surface area contributed by atoms with Gasteiger partial charge in [0.15, 0.2) is 0 Å². The van der Waals surface area contributed by atoms with Crippen LogP contribution in [0.25, 0.3) is 0 Å². The minimum absolute atomic E-state index is 0.0502. The maximum atomic E-state index is 11.7.